The van der Waals surface area contributed by atoms with Crippen LogP contribution in [0.1, 0.15) is 36.6 Å². The van der Waals surface area contributed by atoms with Crippen molar-refractivity contribution in [3.05, 3.63) is 59.4 Å². The number of hydrogen-bond donors (Lipinski definition) is 0. The summed E-state index contributed by atoms with van der Waals surface area (Å²) in [6.07, 6.45) is 4.35. The van der Waals surface area contributed by atoms with Crippen LogP contribution >= 0.6 is 0 Å². The lowest BCUT2D eigenvalue weighted by Crippen LogP contribution is -2.47. The number of likely N-dealkylation sites (N-methyl/N-ethyl adjacent to an activating group) is 1. The van der Waals surface area contributed by atoms with Crippen LogP contribution in [0.25, 0.3) is 0 Å². The molecule has 0 saturated carbocycles. The molecule has 7 heteroatoms. The number of ether oxygens (including phenoxy) is 1. The second-order valence-electron chi connectivity index (χ2n) is 8.73. The van der Waals surface area contributed by atoms with E-state index in [1.807, 2.05) is 29.3 Å². The van der Waals surface area contributed by atoms with Gasteiger partial charge in [-0.15, -0.1) is 0 Å². The van der Waals surface area contributed by atoms with Gasteiger partial charge >= 0.3 is 0 Å². The summed E-state index contributed by atoms with van der Waals surface area (Å²) in [6.45, 7) is 5.46. The van der Waals surface area contributed by atoms with Gasteiger partial charge < -0.3 is 19.4 Å². The standard InChI is InChI=1S/C25H32N4O3/c1-19(30)29-12-5-7-23(29)25(31)28-14-15-32-24-9-8-20(16-21(24)18-28)17-27(2)13-10-22-6-3-4-11-26-22/h3-4,6,8-9,11,16,23H,5,7,10,12-15,17-18H2,1-2H3/t23-/m0/s1. The molecule has 32 heavy (non-hydrogen) atoms. The fraction of sp³-hybridized carbons (Fsp3) is 0.480. The summed E-state index contributed by atoms with van der Waals surface area (Å²) in [5.74, 6) is 0.852. The minimum absolute atomic E-state index is 0.0247. The van der Waals surface area contributed by atoms with E-state index in [9.17, 15) is 9.59 Å². The number of aromatic nitrogens is 1. The summed E-state index contributed by atoms with van der Waals surface area (Å²) in [6, 6.07) is 11.9. The van der Waals surface area contributed by atoms with Crippen LogP contribution in [0.2, 0.25) is 0 Å². The molecule has 3 heterocycles. The molecule has 0 N–H and O–H groups in total. The van der Waals surface area contributed by atoms with Gasteiger partial charge in [-0.1, -0.05) is 12.1 Å². The first-order valence-corrected chi connectivity index (χ1v) is 11.4. The second kappa shape index (κ2) is 10.1. The van der Waals surface area contributed by atoms with Crippen LogP contribution in [0.15, 0.2) is 42.6 Å². The highest BCUT2D eigenvalue weighted by molar-refractivity contribution is 5.87. The summed E-state index contributed by atoms with van der Waals surface area (Å²) >= 11 is 0. The SMILES string of the molecule is CC(=O)N1CCC[C@H]1C(=O)N1CCOc2ccc(CN(C)CCc3ccccn3)cc2C1. The molecular formula is C25H32N4O3. The van der Waals surface area contributed by atoms with Gasteiger partial charge in [-0.2, -0.15) is 0 Å². The summed E-state index contributed by atoms with van der Waals surface area (Å²) in [5, 5.41) is 0. The van der Waals surface area contributed by atoms with Gasteiger partial charge in [-0.05, 0) is 49.7 Å². The molecule has 1 aromatic carbocycles. The first-order valence-electron chi connectivity index (χ1n) is 11.4. The number of pyridine rings is 1. The molecule has 0 spiro atoms. The van der Waals surface area contributed by atoms with Gasteiger partial charge in [0.05, 0.1) is 6.54 Å². The third-order valence-electron chi connectivity index (χ3n) is 6.29. The van der Waals surface area contributed by atoms with Crippen LogP contribution in [0.4, 0.5) is 0 Å². The van der Waals surface area contributed by atoms with Crippen molar-refractivity contribution in [3.8, 4) is 5.75 Å². The Labute approximate surface area is 190 Å². The van der Waals surface area contributed by atoms with Crippen molar-refractivity contribution >= 4 is 11.8 Å². The Balaban J connectivity index is 1.40. The zero-order chi connectivity index (χ0) is 22.5. The van der Waals surface area contributed by atoms with Gasteiger partial charge in [0.25, 0.3) is 0 Å². The van der Waals surface area contributed by atoms with E-state index in [2.05, 4.69) is 35.1 Å². The second-order valence-corrected chi connectivity index (χ2v) is 8.73. The number of benzene rings is 1. The Morgan fingerprint density at radius 1 is 1.22 bits per heavy atom. The summed E-state index contributed by atoms with van der Waals surface area (Å²) in [7, 11) is 2.11. The van der Waals surface area contributed by atoms with Crippen LogP contribution in [-0.2, 0) is 29.1 Å². The van der Waals surface area contributed by atoms with E-state index in [1.165, 1.54) is 5.56 Å². The smallest absolute Gasteiger partial charge is 0.245 e. The molecule has 0 bridgehead atoms. The quantitative estimate of drug-likeness (QED) is 0.696. The molecule has 2 amide bonds. The lowest BCUT2D eigenvalue weighted by Gasteiger charge is -2.28. The normalized spacial score (nSPS) is 18.3. The number of hydrogen-bond acceptors (Lipinski definition) is 5. The van der Waals surface area contributed by atoms with Gasteiger partial charge in [-0.25, -0.2) is 0 Å². The number of fused-ring (bicyclic) bond motifs is 1. The van der Waals surface area contributed by atoms with Crippen LogP contribution in [0.3, 0.4) is 0 Å². The van der Waals surface area contributed by atoms with Gasteiger partial charge in [0.2, 0.25) is 11.8 Å². The van der Waals surface area contributed by atoms with Gasteiger partial charge in [0.15, 0.2) is 0 Å². The molecule has 0 radical (unpaired) electrons. The lowest BCUT2D eigenvalue weighted by molar-refractivity contribution is -0.143. The van der Waals surface area contributed by atoms with E-state index in [-0.39, 0.29) is 17.9 Å². The highest BCUT2D eigenvalue weighted by Gasteiger charge is 2.35. The van der Waals surface area contributed by atoms with E-state index >= 15 is 0 Å². The Morgan fingerprint density at radius 3 is 2.88 bits per heavy atom. The van der Waals surface area contributed by atoms with E-state index in [4.69, 9.17) is 4.74 Å². The maximum atomic E-state index is 13.2. The Morgan fingerprint density at radius 2 is 2.09 bits per heavy atom. The van der Waals surface area contributed by atoms with Gasteiger partial charge in [0, 0.05) is 57.0 Å². The van der Waals surface area contributed by atoms with Crippen LogP contribution in [-0.4, -0.2) is 70.8 Å². The maximum Gasteiger partial charge on any atom is 0.245 e. The molecule has 2 aliphatic rings. The average Bonchev–Trinajstić information content (AvgIpc) is 3.19. The van der Waals surface area contributed by atoms with E-state index in [0.29, 0.717) is 26.2 Å². The Hall–Kier alpha value is -2.93. The van der Waals surface area contributed by atoms with Gasteiger partial charge in [0.1, 0.15) is 18.4 Å². The van der Waals surface area contributed by atoms with E-state index < -0.39 is 0 Å². The minimum atomic E-state index is -0.338. The molecule has 1 saturated heterocycles. The molecular weight excluding hydrogens is 404 g/mol. The molecule has 7 nitrogen and oxygen atoms in total. The number of amides is 2. The van der Waals surface area contributed by atoms with Crippen molar-refractivity contribution in [3.63, 3.8) is 0 Å². The number of carbonyl (C=O) groups excluding carboxylic acids is 2. The Bertz CT molecular complexity index is 949. The fourth-order valence-electron chi connectivity index (χ4n) is 4.59. The van der Waals surface area contributed by atoms with Crippen molar-refractivity contribution in [1.82, 2.24) is 19.7 Å². The van der Waals surface area contributed by atoms with Crippen LogP contribution < -0.4 is 4.74 Å². The third-order valence-corrected chi connectivity index (χ3v) is 6.29. The highest BCUT2D eigenvalue weighted by atomic mass is 16.5. The predicted molar refractivity (Wildman–Crippen MR) is 122 cm³/mol. The zero-order valence-corrected chi connectivity index (χ0v) is 19.0. The van der Waals surface area contributed by atoms with Crippen molar-refractivity contribution in [1.29, 1.82) is 0 Å². The number of nitrogens with zero attached hydrogens (tertiary/aromatic N) is 4. The maximum absolute atomic E-state index is 13.2. The molecule has 1 aromatic heterocycles. The molecule has 0 aliphatic carbocycles. The minimum Gasteiger partial charge on any atom is -0.491 e. The largest absolute Gasteiger partial charge is 0.491 e. The van der Waals surface area contributed by atoms with Crippen molar-refractivity contribution < 1.29 is 14.3 Å². The van der Waals surface area contributed by atoms with Crippen molar-refractivity contribution in [2.75, 3.05) is 33.3 Å². The lowest BCUT2D eigenvalue weighted by atomic mass is 10.1. The van der Waals surface area contributed by atoms with Crippen molar-refractivity contribution in [2.24, 2.45) is 0 Å². The van der Waals surface area contributed by atoms with E-state index in [0.717, 1.165) is 49.4 Å². The molecule has 0 unspecified atom stereocenters. The molecule has 170 valence electrons. The molecule has 1 atom stereocenters. The number of rotatable bonds is 6. The summed E-state index contributed by atoms with van der Waals surface area (Å²) in [5.41, 5.74) is 3.31. The monoisotopic (exact) mass is 436 g/mol. The van der Waals surface area contributed by atoms with Gasteiger partial charge in [-0.3, -0.25) is 14.6 Å². The fourth-order valence-corrected chi connectivity index (χ4v) is 4.59. The first-order chi connectivity index (χ1) is 15.5. The molecule has 2 aliphatic heterocycles. The zero-order valence-electron chi connectivity index (χ0n) is 19.0. The number of likely N-dealkylation sites (tertiary alicyclic amines) is 1. The third kappa shape index (κ3) is 5.27. The molecule has 1 fully saturated rings. The molecule has 2 aromatic rings. The van der Waals surface area contributed by atoms with Crippen molar-refractivity contribution in [2.45, 2.75) is 45.3 Å². The summed E-state index contributed by atoms with van der Waals surface area (Å²) in [4.78, 5) is 35.4. The topological polar surface area (TPSA) is 66.0 Å². The summed E-state index contributed by atoms with van der Waals surface area (Å²) < 4.78 is 5.93. The highest BCUT2D eigenvalue weighted by Crippen LogP contribution is 2.27. The predicted octanol–water partition coefficient (Wildman–Crippen LogP) is 2.49. The number of carbonyl (C=O) groups is 2. The first kappa shape index (κ1) is 22.3. The van der Waals surface area contributed by atoms with Crippen LogP contribution in [0, 0.1) is 0 Å². The average molecular weight is 437 g/mol. The van der Waals surface area contributed by atoms with Crippen LogP contribution in [0.5, 0.6) is 5.75 Å². The Kier molecular flexibility index (Phi) is 7.05. The van der Waals surface area contributed by atoms with E-state index in [1.54, 1.807) is 11.8 Å². The molecule has 4 rings (SSSR count).